The SMILES string of the molecule is NC(=N/C(=C\Cc1cccc(-c2ccc(-c3ccccc3)cc2)c1)c1ccc(-c2c3ccccc3c(-c3ccccc3)c3ccc4ccccc4c23)cc1)c1ccccc1. The van der Waals surface area contributed by atoms with Gasteiger partial charge in [0.1, 0.15) is 5.84 Å². The predicted octanol–water partition coefficient (Wildman–Crippen LogP) is 14.8. The summed E-state index contributed by atoms with van der Waals surface area (Å²) in [5, 5.41) is 7.43. The van der Waals surface area contributed by atoms with Gasteiger partial charge >= 0.3 is 0 Å². The first-order valence-electron chi connectivity index (χ1n) is 20.5. The summed E-state index contributed by atoms with van der Waals surface area (Å²) in [6.45, 7) is 0. The van der Waals surface area contributed by atoms with Crippen LogP contribution in [0.5, 0.6) is 0 Å². The average molecular weight is 767 g/mol. The van der Waals surface area contributed by atoms with Gasteiger partial charge in [0.15, 0.2) is 0 Å². The monoisotopic (exact) mass is 766 g/mol. The fraction of sp³-hybridized carbons (Fsp3) is 0.0172. The number of amidine groups is 1. The first kappa shape index (κ1) is 36.5. The molecule has 10 aromatic rings. The Hall–Kier alpha value is -7.81. The topological polar surface area (TPSA) is 38.4 Å². The van der Waals surface area contributed by atoms with Crippen LogP contribution in [0.3, 0.4) is 0 Å². The normalized spacial score (nSPS) is 12.0. The lowest BCUT2D eigenvalue weighted by molar-refractivity contribution is 1.26. The van der Waals surface area contributed by atoms with E-state index in [0.717, 1.165) is 22.4 Å². The predicted molar refractivity (Wildman–Crippen MR) is 256 cm³/mol. The minimum atomic E-state index is 0.484. The highest BCUT2D eigenvalue weighted by Gasteiger charge is 2.19. The van der Waals surface area contributed by atoms with Gasteiger partial charge in [0.2, 0.25) is 0 Å². The van der Waals surface area contributed by atoms with E-state index in [9.17, 15) is 0 Å². The molecular formula is C58H42N2. The van der Waals surface area contributed by atoms with E-state index < -0.39 is 0 Å². The van der Waals surface area contributed by atoms with Crippen LogP contribution in [-0.4, -0.2) is 5.84 Å². The zero-order valence-corrected chi connectivity index (χ0v) is 33.2. The molecule has 0 aliphatic heterocycles. The van der Waals surface area contributed by atoms with Crippen LogP contribution in [-0.2, 0) is 6.42 Å². The summed E-state index contributed by atoms with van der Waals surface area (Å²) in [4.78, 5) is 5.10. The lowest BCUT2D eigenvalue weighted by Gasteiger charge is -2.19. The number of hydrogen-bond donors (Lipinski definition) is 1. The van der Waals surface area contributed by atoms with Gasteiger partial charge in [-0.3, -0.25) is 0 Å². The molecule has 2 nitrogen and oxygen atoms in total. The molecule has 0 aromatic heterocycles. The first-order valence-corrected chi connectivity index (χ1v) is 20.5. The molecule has 0 fully saturated rings. The molecule has 2 N–H and O–H groups in total. The van der Waals surface area contributed by atoms with Crippen LogP contribution in [0.1, 0.15) is 16.7 Å². The van der Waals surface area contributed by atoms with E-state index >= 15 is 0 Å². The van der Waals surface area contributed by atoms with E-state index in [-0.39, 0.29) is 0 Å². The molecule has 0 bridgehead atoms. The zero-order valence-electron chi connectivity index (χ0n) is 33.2. The third-order valence-electron chi connectivity index (χ3n) is 11.5. The maximum Gasteiger partial charge on any atom is 0.131 e. The highest BCUT2D eigenvalue weighted by Crippen LogP contribution is 2.46. The highest BCUT2D eigenvalue weighted by atomic mass is 14.9. The molecule has 0 aliphatic carbocycles. The summed E-state index contributed by atoms with van der Waals surface area (Å²) in [7, 11) is 0. The van der Waals surface area contributed by atoms with Crippen molar-refractivity contribution in [1.29, 1.82) is 0 Å². The number of hydrogen-bond acceptors (Lipinski definition) is 1. The Balaban J connectivity index is 1.06. The Morgan fingerprint density at radius 1 is 0.383 bits per heavy atom. The summed E-state index contributed by atoms with van der Waals surface area (Å²) in [5.41, 5.74) is 20.3. The second kappa shape index (κ2) is 16.2. The van der Waals surface area contributed by atoms with Gasteiger partial charge in [0, 0.05) is 5.56 Å². The quantitative estimate of drug-likeness (QED) is 0.0676. The highest BCUT2D eigenvalue weighted by molar-refractivity contribution is 6.27. The van der Waals surface area contributed by atoms with Gasteiger partial charge in [0.05, 0.1) is 5.70 Å². The van der Waals surface area contributed by atoms with Gasteiger partial charge in [-0.1, -0.05) is 231 Å². The maximum atomic E-state index is 6.73. The molecule has 2 heteroatoms. The van der Waals surface area contributed by atoms with Crippen molar-refractivity contribution in [2.24, 2.45) is 10.7 Å². The van der Waals surface area contributed by atoms with Crippen LogP contribution in [0, 0.1) is 0 Å². The van der Waals surface area contributed by atoms with Crippen molar-refractivity contribution in [3.63, 3.8) is 0 Å². The average Bonchev–Trinajstić information content (AvgIpc) is 3.33. The van der Waals surface area contributed by atoms with E-state index in [0.29, 0.717) is 12.3 Å². The Bertz CT molecular complexity index is 3180. The zero-order chi connectivity index (χ0) is 40.3. The number of aliphatic imine (C=N–C) groups is 1. The second-order valence-corrected chi connectivity index (χ2v) is 15.2. The molecular weight excluding hydrogens is 725 g/mol. The van der Waals surface area contributed by atoms with E-state index in [1.807, 2.05) is 30.3 Å². The largest absolute Gasteiger partial charge is 0.383 e. The van der Waals surface area contributed by atoms with E-state index in [1.54, 1.807) is 0 Å². The van der Waals surface area contributed by atoms with Crippen LogP contribution in [0.15, 0.2) is 236 Å². The minimum Gasteiger partial charge on any atom is -0.383 e. The van der Waals surface area contributed by atoms with Crippen LogP contribution >= 0.6 is 0 Å². The molecule has 0 amide bonds. The summed E-state index contributed by atoms with van der Waals surface area (Å²) in [5.74, 6) is 0.484. The van der Waals surface area contributed by atoms with Crippen molar-refractivity contribution < 1.29 is 0 Å². The lowest BCUT2D eigenvalue weighted by atomic mass is 9.84. The van der Waals surface area contributed by atoms with Crippen LogP contribution in [0.25, 0.3) is 82.5 Å². The standard InChI is InChI=1S/C58H42N2/c59-58(48-21-8-3-9-22-48)60-54(38-27-40-15-14-23-49(39-40)43-30-28-42(29-31-43)41-16-4-1-5-17-41)45-32-34-47(35-33-45)56-52-26-13-12-25-51(52)55(46-19-6-2-7-20-46)53-37-36-44-18-10-11-24-50(44)57(53)56/h1-26,28-39H,27H2,(H2,59,60)/b54-38-. The van der Waals surface area contributed by atoms with E-state index in [1.165, 1.54) is 76.8 Å². The Labute approximate surface area is 351 Å². The first-order chi connectivity index (χ1) is 29.7. The summed E-state index contributed by atoms with van der Waals surface area (Å²) in [6.07, 6.45) is 2.90. The lowest BCUT2D eigenvalue weighted by Crippen LogP contribution is -2.13. The molecule has 10 aromatic carbocycles. The molecule has 60 heavy (non-hydrogen) atoms. The molecule has 0 radical (unpaired) electrons. The summed E-state index contributed by atoms with van der Waals surface area (Å²) in [6, 6.07) is 79.9. The molecule has 0 aliphatic rings. The van der Waals surface area contributed by atoms with E-state index in [2.05, 4.69) is 200 Å². The second-order valence-electron chi connectivity index (χ2n) is 15.2. The molecule has 0 heterocycles. The molecule has 0 atom stereocenters. The van der Waals surface area contributed by atoms with Gasteiger partial charge in [-0.05, 0) is 94.4 Å². The Morgan fingerprint density at radius 3 is 1.60 bits per heavy atom. The van der Waals surface area contributed by atoms with Gasteiger partial charge in [-0.2, -0.15) is 0 Å². The van der Waals surface area contributed by atoms with Gasteiger partial charge in [-0.25, -0.2) is 4.99 Å². The van der Waals surface area contributed by atoms with Crippen molar-refractivity contribution in [2.75, 3.05) is 0 Å². The van der Waals surface area contributed by atoms with Gasteiger partial charge in [0.25, 0.3) is 0 Å². The Morgan fingerprint density at radius 2 is 0.900 bits per heavy atom. The van der Waals surface area contributed by atoms with Crippen molar-refractivity contribution in [3.05, 3.63) is 247 Å². The number of nitrogens with zero attached hydrogens (tertiary/aromatic N) is 1. The molecule has 0 saturated heterocycles. The van der Waals surface area contributed by atoms with Gasteiger partial charge < -0.3 is 5.73 Å². The fourth-order valence-corrected chi connectivity index (χ4v) is 8.58. The number of benzene rings is 10. The third kappa shape index (κ3) is 7.16. The van der Waals surface area contributed by atoms with Crippen LogP contribution in [0.4, 0.5) is 0 Å². The third-order valence-corrected chi connectivity index (χ3v) is 11.5. The number of allylic oxidation sites excluding steroid dienone is 1. The Kier molecular flexibility index (Phi) is 9.87. The summed E-state index contributed by atoms with van der Waals surface area (Å²) < 4.78 is 0. The molecule has 10 rings (SSSR count). The van der Waals surface area contributed by atoms with Crippen LogP contribution < -0.4 is 5.73 Å². The van der Waals surface area contributed by atoms with Crippen LogP contribution in [0.2, 0.25) is 0 Å². The smallest absolute Gasteiger partial charge is 0.131 e. The molecule has 0 spiro atoms. The minimum absolute atomic E-state index is 0.484. The van der Waals surface area contributed by atoms with Crippen molar-refractivity contribution in [3.8, 4) is 44.5 Å². The summed E-state index contributed by atoms with van der Waals surface area (Å²) >= 11 is 0. The molecule has 0 unspecified atom stereocenters. The number of fused-ring (bicyclic) bond motifs is 4. The maximum absolute atomic E-state index is 6.73. The van der Waals surface area contributed by atoms with E-state index in [4.69, 9.17) is 10.7 Å². The number of nitrogens with two attached hydrogens (primary N) is 1. The van der Waals surface area contributed by atoms with Crippen molar-refractivity contribution in [1.82, 2.24) is 0 Å². The number of rotatable bonds is 9. The van der Waals surface area contributed by atoms with Gasteiger partial charge in [-0.15, -0.1) is 0 Å². The fourth-order valence-electron chi connectivity index (χ4n) is 8.58. The van der Waals surface area contributed by atoms with Crippen molar-refractivity contribution in [2.45, 2.75) is 6.42 Å². The van der Waals surface area contributed by atoms with Crippen molar-refractivity contribution >= 4 is 43.9 Å². The molecule has 0 saturated carbocycles. The molecule has 284 valence electrons.